The van der Waals surface area contributed by atoms with Crippen molar-refractivity contribution in [1.29, 1.82) is 0 Å². The molecule has 1 amide bonds. The smallest absolute Gasteiger partial charge is 0.234 e. The van der Waals surface area contributed by atoms with Crippen molar-refractivity contribution in [2.24, 2.45) is 5.73 Å². The van der Waals surface area contributed by atoms with Gasteiger partial charge in [-0.15, -0.1) is 0 Å². The molecule has 1 saturated heterocycles. The number of primary amides is 1. The van der Waals surface area contributed by atoms with Gasteiger partial charge in [-0.3, -0.25) is 9.69 Å². The van der Waals surface area contributed by atoms with E-state index in [1.807, 2.05) is 47.4 Å². The van der Waals surface area contributed by atoms with Gasteiger partial charge in [-0.1, -0.05) is 24.6 Å². The fourth-order valence-corrected chi connectivity index (χ4v) is 2.90. The van der Waals surface area contributed by atoms with Crippen LogP contribution in [0, 0.1) is 0 Å². The number of hydrogen-bond acceptors (Lipinski definition) is 3. The second kappa shape index (κ2) is 6.10. The van der Waals surface area contributed by atoms with Crippen LogP contribution in [0.5, 0.6) is 0 Å². The maximum absolute atomic E-state index is 11.5. The number of carbonyl (C=O) groups excluding carboxylic acids is 1. The molecule has 110 valence electrons. The number of amides is 1. The predicted molar refractivity (Wildman–Crippen MR) is 80.8 cm³/mol. The lowest BCUT2D eigenvalue weighted by Crippen LogP contribution is -2.47. The van der Waals surface area contributed by atoms with E-state index in [-0.39, 0.29) is 11.9 Å². The molecule has 2 aromatic rings. The lowest BCUT2D eigenvalue weighted by Gasteiger charge is -2.33. The average Bonchev–Trinajstić information content (AvgIpc) is 2.97. The molecule has 1 aliphatic heterocycles. The molecule has 21 heavy (non-hydrogen) atoms. The topological polar surface area (TPSA) is 64.2 Å². The van der Waals surface area contributed by atoms with Gasteiger partial charge >= 0.3 is 0 Å². The third-order valence-corrected chi connectivity index (χ3v) is 3.98. The van der Waals surface area contributed by atoms with Gasteiger partial charge in [0.05, 0.1) is 17.9 Å². The van der Waals surface area contributed by atoms with E-state index >= 15 is 0 Å². The molecule has 2 heterocycles. The number of likely N-dealkylation sites (tertiary alicyclic amines) is 1. The molecule has 1 aromatic carbocycles. The molecule has 1 fully saturated rings. The molecule has 1 aliphatic rings. The number of nitrogens with zero attached hydrogens (tertiary/aromatic N) is 3. The summed E-state index contributed by atoms with van der Waals surface area (Å²) in [5.41, 5.74) is 7.65. The van der Waals surface area contributed by atoms with Crippen molar-refractivity contribution in [3.8, 4) is 5.69 Å². The predicted octanol–water partition coefficient (Wildman–Crippen LogP) is 1.71. The standard InChI is InChI=1S/C16H20N4O/c17-16(21)15-8-4-5-9-19(15)11-13-10-18-20(12-13)14-6-2-1-3-7-14/h1-3,6-7,10,12,15H,4-5,8-9,11H2,(H2,17,21)/t15-/m0/s1. The van der Waals surface area contributed by atoms with Gasteiger partial charge in [-0.25, -0.2) is 4.68 Å². The summed E-state index contributed by atoms with van der Waals surface area (Å²) in [7, 11) is 0. The van der Waals surface area contributed by atoms with Gasteiger partial charge in [0.15, 0.2) is 0 Å². The van der Waals surface area contributed by atoms with Crippen LogP contribution in [0.15, 0.2) is 42.7 Å². The number of carbonyl (C=O) groups is 1. The monoisotopic (exact) mass is 284 g/mol. The molecule has 1 aromatic heterocycles. The minimum atomic E-state index is -0.217. The molecular weight excluding hydrogens is 264 g/mol. The molecule has 0 saturated carbocycles. The van der Waals surface area contributed by atoms with Gasteiger partial charge < -0.3 is 5.73 Å². The molecule has 2 N–H and O–H groups in total. The number of rotatable bonds is 4. The van der Waals surface area contributed by atoms with Gasteiger partial charge in [-0.05, 0) is 31.5 Å². The van der Waals surface area contributed by atoms with Crippen molar-refractivity contribution in [1.82, 2.24) is 14.7 Å². The van der Waals surface area contributed by atoms with Crippen molar-refractivity contribution in [3.63, 3.8) is 0 Å². The Balaban J connectivity index is 1.73. The average molecular weight is 284 g/mol. The second-order valence-electron chi connectivity index (χ2n) is 5.51. The molecule has 5 nitrogen and oxygen atoms in total. The van der Waals surface area contributed by atoms with E-state index in [0.29, 0.717) is 0 Å². The van der Waals surface area contributed by atoms with E-state index in [9.17, 15) is 4.79 Å². The Morgan fingerprint density at radius 3 is 2.86 bits per heavy atom. The first-order chi connectivity index (χ1) is 10.2. The fraction of sp³-hybridized carbons (Fsp3) is 0.375. The van der Waals surface area contributed by atoms with Crippen LogP contribution < -0.4 is 5.73 Å². The first kappa shape index (κ1) is 13.8. The largest absolute Gasteiger partial charge is 0.368 e. The minimum absolute atomic E-state index is 0.140. The molecule has 0 bridgehead atoms. The SMILES string of the molecule is NC(=O)[C@@H]1CCCCN1Cc1cnn(-c2ccccc2)c1. The van der Waals surface area contributed by atoms with Crippen molar-refractivity contribution >= 4 is 5.91 Å². The molecule has 0 unspecified atom stereocenters. The third-order valence-electron chi connectivity index (χ3n) is 3.98. The van der Waals surface area contributed by atoms with Gasteiger partial charge in [0.1, 0.15) is 0 Å². The summed E-state index contributed by atoms with van der Waals surface area (Å²) < 4.78 is 1.86. The zero-order valence-electron chi connectivity index (χ0n) is 12.0. The number of piperidine rings is 1. The molecule has 0 radical (unpaired) electrons. The lowest BCUT2D eigenvalue weighted by molar-refractivity contribution is -0.124. The van der Waals surface area contributed by atoms with Crippen LogP contribution in [-0.4, -0.2) is 33.2 Å². The van der Waals surface area contributed by atoms with Gasteiger partial charge in [-0.2, -0.15) is 5.10 Å². The summed E-state index contributed by atoms with van der Waals surface area (Å²) >= 11 is 0. The quantitative estimate of drug-likeness (QED) is 0.929. The summed E-state index contributed by atoms with van der Waals surface area (Å²) in [6.45, 7) is 1.64. The van der Waals surface area contributed by atoms with Crippen molar-refractivity contribution in [2.75, 3.05) is 6.54 Å². The zero-order valence-corrected chi connectivity index (χ0v) is 12.0. The Kier molecular flexibility index (Phi) is 4.01. The van der Waals surface area contributed by atoms with Crippen molar-refractivity contribution in [2.45, 2.75) is 31.8 Å². The number of benzene rings is 1. The Morgan fingerprint density at radius 1 is 1.29 bits per heavy atom. The van der Waals surface area contributed by atoms with Crippen LogP contribution in [0.3, 0.4) is 0 Å². The summed E-state index contributed by atoms with van der Waals surface area (Å²) in [6.07, 6.45) is 6.94. The van der Waals surface area contributed by atoms with Crippen LogP contribution in [0.2, 0.25) is 0 Å². The maximum atomic E-state index is 11.5. The van der Waals surface area contributed by atoms with Crippen LogP contribution in [-0.2, 0) is 11.3 Å². The normalized spacial score (nSPS) is 19.5. The second-order valence-corrected chi connectivity index (χ2v) is 5.51. The van der Waals surface area contributed by atoms with E-state index in [0.717, 1.165) is 43.6 Å². The number of aromatic nitrogens is 2. The van der Waals surface area contributed by atoms with E-state index < -0.39 is 0 Å². The van der Waals surface area contributed by atoms with E-state index in [1.165, 1.54) is 0 Å². The molecule has 3 rings (SSSR count). The van der Waals surface area contributed by atoms with Gasteiger partial charge in [0.25, 0.3) is 0 Å². The fourth-order valence-electron chi connectivity index (χ4n) is 2.90. The molecule has 5 heteroatoms. The third kappa shape index (κ3) is 3.13. The summed E-state index contributed by atoms with van der Waals surface area (Å²) in [4.78, 5) is 13.7. The number of hydrogen-bond donors (Lipinski definition) is 1. The number of nitrogens with two attached hydrogens (primary N) is 1. The summed E-state index contributed by atoms with van der Waals surface area (Å²) in [5, 5.41) is 4.40. The minimum Gasteiger partial charge on any atom is -0.368 e. The van der Waals surface area contributed by atoms with Crippen LogP contribution in [0.4, 0.5) is 0 Å². The van der Waals surface area contributed by atoms with Crippen LogP contribution >= 0.6 is 0 Å². The molecule has 1 atom stereocenters. The summed E-state index contributed by atoms with van der Waals surface area (Å²) in [5.74, 6) is -0.217. The van der Waals surface area contributed by atoms with E-state index in [4.69, 9.17) is 5.73 Å². The number of para-hydroxylation sites is 1. The lowest BCUT2D eigenvalue weighted by atomic mass is 10.0. The maximum Gasteiger partial charge on any atom is 0.234 e. The first-order valence-electron chi connectivity index (χ1n) is 7.36. The molecular formula is C16H20N4O. The van der Waals surface area contributed by atoms with Gasteiger partial charge in [0, 0.05) is 18.3 Å². The highest BCUT2D eigenvalue weighted by atomic mass is 16.1. The Labute approximate surface area is 124 Å². The molecule has 0 aliphatic carbocycles. The first-order valence-corrected chi connectivity index (χ1v) is 7.36. The Bertz CT molecular complexity index is 608. The highest BCUT2D eigenvalue weighted by Gasteiger charge is 2.26. The van der Waals surface area contributed by atoms with Gasteiger partial charge in [0.2, 0.25) is 5.91 Å². The summed E-state index contributed by atoms with van der Waals surface area (Å²) in [6, 6.07) is 9.86. The van der Waals surface area contributed by atoms with Crippen molar-refractivity contribution < 1.29 is 4.79 Å². The highest BCUT2D eigenvalue weighted by Crippen LogP contribution is 2.19. The van der Waals surface area contributed by atoms with Crippen molar-refractivity contribution in [3.05, 3.63) is 48.3 Å². The Hall–Kier alpha value is -2.14. The highest BCUT2D eigenvalue weighted by molar-refractivity contribution is 5.79. The zero-order chi connectivity index (χ0) is 14.7. The van der Waals surface area contributed by atoms with E-state index in [2.05, 4.69) is 10.00 Å². The Morgan fingerprint density at radius 2 is 2.10 bits per heavy atom. The van der Waals surface area contributed by atoms with E-state index in [1.54, 1.807) is 0 Å². The molecule has 0 spiro atoms. The van der Waals surface area contributed by atoms with Crippen LogP contribution in [0.25, 0.3) is 5.69 Å². The van der Waals surface area contributed by atoms with Crippen LogP contribution in [0.1, 0.15) is 24.8 Å².